The van der Waals surface area contributed by atoms with Gasteiger partial charge in [-0.25, -0.2) is 4.79 Å². The molecule has 2 heterocycles. The SMILES string of the molecule is CN(C)c1nc(N)nc(COC(=O)C2CCCN(C(=O)OC(C)(C)C)C2)n1. The number of amides is 1. The largest absolute Gasteiger partial charge is 0.457 e. The standard InChI is InChI=1S/C17H28N6O4/c1-17(2,3)27-16(25)23-8-6-7-11(9-23)13(24)26-10-12-19-14(18)21-15(20-12)22(4)5/h11H,6-10H2,1-5H3,(H2,18,19,20,21). The van der Waals surface area contributed by atoms with E-state index in [1.165, 1.54) is 0 Å². The summed E-state index contributed by atoms with van der Waals surface area (Å²) in [7, 11) is 3.55. The van der Waals surface area contributed by atoms with E-state index in [1.807, 2.05) is 20.8 Å². The summed E-state index contributed by atoms with van der Waals surface area (Å²) < 4.78 is 10.7. The maximum atomic E-state index is 12.4. The van der Waals surface area contributed by atoms with E-state index in [0.717, 1.165) is 0 Å². The summed E-state index contributed by atoms with van der Waals surface area (Å²) in [6.45, 7) is 6.16. The summed E-state index contributed by atoms with van der Waals surface area (Å²) in [5.41, 5.74) is 5.08. The van der Waals surface area contributed by atoms with E-state index in [2.05, 4.69) is 15.0 Å². The summed E-state index contributed by atoms with van der Waals surface area (Å²) in [5.74, 6) is -0.0670. The zero-order valence-corrected chi connectivity index (χ0v) is 16.6. The predicted octanol–water partition coefficient (Wildman–Crippen LogP) is 1.21. The first-order chi connectivity index (χ1) is 12.5. The summed E-state index contributed by atoms with van der Waals surface area (Å²) in [6.07, 6.45) is 0.948. The zero-order valence-electron chi connectivity index (χ0n) is 16.6. The van der Waals surface area contributed by atoms with Crippen molar-refractivity contribution in [3.63, 3.8) is 0 Å². The molecule has 0 aliphatic carbocycles. The molecule has 1 amide bonds. The molecule has 2 rings (SSSR count). The number of piperidine rings is 1. The van der Waals surface area contributed by atoms with Crippen LogP contribution in [0.15, 0.2) is 0 Å². The first-order valence-corrected chi connectivity index (χ1v) is 8.87. The molecule has 1 atom stereocenters. The maximum Gasteiger partial charge on any atom is 0.410 e. The van der Waals surface area contributed by atoms with Crippen molar-refractivity contribution in [2.45, 2.75) is 45.8 Å². The fourth-order valence-corrected chi connectivity index (χ4v) is 2.61. The molecule has 1 saturated heterocycles. The van der Waals surface area contributed by atoms with E-state index >= 15 is 0 Å². The highest BCUT2D eigenvalue weighted by atomic mass is 16.6. The molecule has 1 aliphatic heterocycles. The molecule has 10 nitrogen and oxygen atoms in total. The number of hydrogen-bond acceptors (Lipinski definition) is 9. The first-order valence-electron chi connectivity index (χ1n) is 8.87. The summed E-state index contributed by atoms with van der Waals surface area (Å²) in [5, 5.41) is 0. The molecule has 0 bridgehead atoms. The summed E-state index contributed by atoms with van der Waals surface area (Å²) in [6, 6.07) is 0. The number of anilines is 2. The molecule has 150 valence electrons. The minimum atomic E-state index is -0.576. The molecule has 1 aliphatic rings. The third-order valence-corrected chi connectivity index (χ3v) is 3.84. The second-order valence-electron chi connectivity index (χ2n) is 7.68. The number of nitrogens with two attached hydrogens (primary N) is 1. The Morgan fingerprint density at radius 2 is 1.96 bits per heavy atom. The smallest absolute Gasteiger partial charge is 0.410 e. The topological polar surface area (TPSA) is 124 Å². The molecule has 0 aromatic carbocycles. The van der Waals surface area contributed by atoms with Crippen LogP contribution in [-0.2, 0) is 20.9 Å². The van der Waals surface area contributed by atoms with Crippen molar-refractivity contribution in [3.05, 3.63) is 5.82 Å². The van der Waals surface area contributed by atoms with Crippen molar-refractivity contribution < 1.29 is 19.1 Å². The van der Waals surface area contributed by atoms with E-state index in [9.17, 15) is 9.59 Å². The number of ether oxygens (including phenoxy) is 2. The second kappa shape index (κ2) is 8.36. The lowest BCUT2D eigenvalue weighted by molar-refractivity contribution is -0.151. The number of carbonyl (C=O) groups excluding carboxylic acids is 2. The number of nitrogens with zero attached hydrogens (tertiary/aromatic N) is 5. The zero-order chi connectivity index (χ0) is 20.2. The second-order valence-corrected chi connectivity index (χ2v) is 7.68. The normalized spacial score (nSPS) is 17.4. The van der Waals surface area contributed by atoms with Crippen molar-refractivity contribution in [2.24, 2.45) is 5.92 Å². The van der Waals surface area contributed by atoms with E-state index in [1.54, 1.807) is 23.9 Å². The van der Waals surface area contributed by atoms with Gasteiger partial charge < -0.3 is 25.0 Å². The van der Waals surface area contributed by atoms with Crippen LogP contribution in [0.5, 0.6) is 0 Å². The number of aromatic nitrogens is 3. The van der Waals surface area contributed by atoms with Gasteiger partial charge in [0, 0.05) is 27.2 Å². The molecule has 0 saturated carbocycles. The number of likely N-dealkylation sites (tertiary alicyclic amines) is 1. The van der Waals surface area contributed by atoms with Gasteiger partial charge in [0.05, 0.1) is 5.92 Å². The predicted molar refractivity (Wildman–Crippen MR) is 98.9 cm³/mol. The third-order valence-electron chi connectivity index (χ3n) is 3.84. The Morgan fingerprint density at radius 1 is 1.26 bits per heavy atom. The molecule has 10 heteroatoms. The van der Waals surface area contributed by atoms with Crippen LogP contribution in [0.2, 0.25) is 0 Å². The van der Waals surface area contributed by atoms with Crippen LogP contribution in [0.1, 0.15) is 39.4 Å². The van der Waals surface area contributed by atoms with Gasteiger partial charge in [-0.1, -0.05) is 0 Å². The number of nitrogen functional groups attached to an aromatic ring is 1. The number of rotatable bonds is 4. The Balaban J connectivity index is 1.93. The van der Waals surface area contributed by atoms with Gasteiger partial charge in [0.2, 0.25) is 11.9 Å². The minimum absolute atomic E-state index is 0.0634. The highest BCUT2D eigenvalue weighted by molar-refractivity contribution is 5.75. The van der Waals surface area contributed by atoms with Gasteiger partial charge in [-0.15, -0.1) is 0 Å². The van der Waals surface area contributed by atoms with Crippen LogP contribution in [-0.4, -0.2) is 64.7 Å². The molecule has 1 aromatic heterocycles. The monoisotopic (exact) mass is 380 g/mol. The lowest BCUT2D eigenvalue weighted by Crippen LogP contribution is -2.45. The average Bonchev–Trinajstić information content (AvgIpc) is 2.57. The van der Waals surface area contributed by atoms with Gasteiger partial charge >= 0.3 is 12.1 Å². The number of carbonyl (C=O) groups is 2. The number of hydrogen-bond donors (Lipinski definition) is 1. The Hall–Kier alpha value is -2.65. The van der Waals surface area contributed by atoms with Gasteiger partial charge in [0.15, 0.2) is 12.4 Å². The van der Waals surface area contributed by atoms with Crippen LogP contribution in [0, 0.1) is 5.92 Å². The first kappa shape index (κ1) is 20.7. The Kier molecular flexibility index (Phi) is 6.40. The molecule has 0 radical (unpaired) electrons. The molecule has 0 spiro atoms. The summed E-state index contributed by atoms with van der Waals surface area (Å²) >= 11 is 0. The Labute approximate surface area is 159 Å². The molecular weight excluding hydrogens is 352 g/mol. The fourth-order valence-electron chi connectivity index (χ4n) is 2.61. The van der Waals surface area contributed by atoms with E-state index in [-0.39, 0.29) is 24.9 Å². The average molecular weight is 380 g/mol. The van der Waals surface area contributed by atoms with Crippen LogP contribution in [0.25, 0.3) is 0 Å². The van der Waals surface area contributed by atoms with Crippen molar-refractivity contribution in [2.75, 3.05) is 37.8 Å². The van der Waals surface area contributed by atoms with Gasteiger partial charge in [-0.2, -0.15) is 15.0 Å². The molecule has 1 aromatic rings. The molecule has 1 fully saturated rings. The van der Waals surface area contributed by atoms with E-state index in [0.29, 0.717) is 25.3 Å². The number of esters is 1. The molecule has 27 heavy (non-hydrogen) atoms. The molecule has 1 unspecified atom stereocenters. The highest BCUT2D eigenvalue weighted by Crippen LogP contribution is 2.21. The fraction of sp³-hybridized carbons (Fsp3) is 0.706. The van der Waals surface area contributed by atoms with Crippen LogP contribution >= 0.6 is 0 Å². The van der Waals surface area contributed by atoms with E-state index < -0.39 is 23.6 Å². The molecular formula is C17H28N6O4. The minimum Gasteiger partial charge on any atom is -0.457 e. The Bertz CT molecular complexity index is 688. The van der Waals surface area contributed by atoms with Crippen molar-refractivity contribution in [1.82, 2.24) is 19.9 Å². The molecule has 2 N–H and O–H groups in total. The van der Waals surface area contributed by atoms with Crippen molar-refractivity contribution in [1.29, 1.82) is 0 Å². The highest BCUT2D eigenvalue weighted by Gasteiger charge is 2.32. The van der Waals surface area contributed by atoms with Crippen LogP contribution in [0.3, 0.4) is 0 Å². The lowest BCUT2D eigenvalue weighted by Gasteiger charge is -2.33. The van der Waals surface area contributed by atoms with Crippen molar-refractivity contribution >= 4 is 24.0 Å². The quantitative estimate of drug-likeness (QED) is 0.767. The van der Waals surface area contributed by atoms with Crippen LogP contribution < -0.4 is 10.6 Å². The lowest BCUT2D eigenvalue weighted by atomic mass is 9.98. The van der Waals surface area contributed by atoms with Gasteiger partial charge in [0.25, 0.3) is 0 Å². The van der Waals surface area contributed by atoms with Gasteiger partial charge in [-0.3, -0.25) is 4.79 Å². The van der Waals surface area contributed by atoms with Gasteiger partial charge in [0.1, 0.15) is 5.60 Å². The van der Waals surface area contributed by atoms with E-state index in [4.69, 9.17) is 15.2 Å². The summed E-state index contributed by atoms with van der Waals surface area (Å²) in [4.78, 5) is 40.0. The van der Waals surface area contributed by atoms with Gasteiger partial charge in [-0.05, 0) is 33.6 Å². The Morgan fingerprint density at radius 3 is 2.59 bits per heavy atom. The third kappa shape index (κ3) is 6.22. The van der Waals surface area contributed by atoms with Crippen molar-refractivity contribution in [3.8, 4) is 0 Å². The maximum absolute atomic E-state index is 12.4. The van der Waals surface area contributed by atoms with Crippen LogP contribution in [0.4, 0.5) is 16.7 Å².